The van der Waals surface area contributed by atoms with Crippen molar-refractivity contribution in [3.63, 3.8) is 0 Å². The molecule has 0 saturated carbocycles. The van der Waals surface area contributed by atoms with Crippen molar-refractivity contribution in [2.75, 3.05) is 24.5 Å². The lowest BCUT2D eigenvalue weighted by Gasteiger charge is -2.24. The molecule has 1 aromatic rings. The van der Waals surface area contributed by atoms with E-state index in [0.29, 0.717) is 24.5 Å². The molecule has 92 valence electrons. The van der Waals surface area contributed by atoms with Gasteiger partial charge in [0, 0.05) is 42.3 Å². The van der Waals surface area contributed by atoms with Gasteiger partial charge in [0.05, 0.1) is 6.61 Å². The number of nitrogens with one attached hydrogen (secondary N) is 1. The van der Waals surface area contributed by atoms with E-state index in [1.165, 1.54) is 0 Å². The minimum absolute atomic E-state index is 0.0478. The summed E-state index contributed by atoms with van der Waals surface area (Å²) in [5.41, 5.74) is 1.75. The van der Waals surface area contributed by atoms with Crippen molar-refractivity contribution in [2.45, 2.75) is 13.0 Å². The van der Waals surface area contributed by atoms with Crippen LogP contribution >= 0.6 is 11.6 Å². The Morgan fingerprint density at radius 1 is 1.41 bits per heavy atom. The third kappa shape index (κ3) is 2.90. The molecule has 0 aliphatic carbocycles. The van der Waals surface area contributed by atoms with Crippen molar-refractivity contribution in [1.29, 1.82) is 0 Å². The third-order valence-corrected chi connectivity index (χ3v) is 3.10. The average molecular weight is 255 g/mol. The number of carbonyl (C=O) groups excluding carboxylic acids is 1. The summed E-state index contributed by atoms with van der Waals surface area (Å²) in [6.07, 6.45) is 0.480. The number of anilines is 1. The Balaban J connectivity index is 2.23. The van der Waals surface area contributed by atoms with Crippen LogP contribution in [0.15, 0.2) is 18.2 Å². The maximum atomic E-state index is 11.3. The maximum absolute atomic E-state index is 11.3. The zero-order valence-corrected chi connectivity index (χ0v) is 10.2. The molecule has 2 N–H and O–H groups in total. The van der Waals surface area contributed by atoms with Crippen molar-refractivity contribution >= 4 is 23.2 Å². The van der Waals surface area contributed by atoms with E-state index in [0.717, 1.165) is 17.8 Å². The Kier molecular flexibility index (Phi) is 3.86. The summed E-state index contributed by atoms with van der Waals surface area (Å²) in [7, 11) is 0. The fraction of sp³-hybridized carbons (Fsp3) is 0.417. The van der Waals surface area contributed by atoms with Crippen LogP contribution in [-0.4, -0.2) is 30.6 Å². The SMILES string of the molecule is O=C1CCN(c2ccc(Cl)cc2CO)CCN1. The minimum Gasteiger partial charge on any atom is -0.392 e. The predicted molar refractivity (Wildman–Crippen MR) is 67.2 cm³/mol. The lowest BCUT2D eigenvalue weighted by atomic mass is 10.1. The van der Waals surface area contributed by atoms with E-state index < -0.39 is 0 Å². The zero-order chi connectivity index (χ0) is 12.3. The first-order valence-corrected chi connectivity index (χ1v) is 5.99. The third-order valence-electron chi connectivity index (χ3n) is 2.87. The second-order valence-electron chi connectivity index (χ2n) is 4.02. The van der Waals surface area contributed by atoms with Gasteiger partial charge in [0.25, 0.3) is 0 Å². The van der Waals surface area contributed by atoms with Crippen LogP contribution in [0.5, 0.6) is 0 Å². The number of aliphatic hydroxyl groups excluding tert-OH is 1. The molecule has 17 heavy (non-hydrogen) atoms. The van der Waals surface area contributed by atoms with E-state index in [1.54, 1.807) is 12.1 Å². The summed E-state index contributed by atoms with van der Waals surface area (Å²) in [6.45, 7) is 2.00. The van der Waals surface area contributed by atoms with E-state index in [9.17, 15) is 9.90 Å². The molecule has 0 bridgehead atoms. The molecule has 0 spiro atoms. The number of benzene rings is 1. The first-order valence-electron chi connectivity index (χ1n) is 5.61. The van der Waals surface area contributed by atoms with Gasteiger partial charge in [-0.1, -0.05) is 11.6 Å². The van der Waals surface area contributed by atoms with E-state index in [1.807, 2.05) is 6.07 Å². The fourth-order valence-electron chi connectivity index (χ4n) is 2.00. The summed E-state index contributed by atoms with van der Waals surface area (Å²) in [5, 5.41) is 12.8. The number of amides is 1. The minimum atomic E-state index is -0.0478. The number of nitrogens with zero attached hydrogens (tertiary/aromatic N) is 1. The number of hydrogen-bond acceptors (Lipinski definition) is 3. The zero-order valence-electron chi connectivity index (χ0n) is 9.45. The molecule has 1 aliphatic heterocycles. The highest BCUT2D eigenvalue weighted by Gasteiger charge is 2.16. The Hall–Kier alpha value is -1.26. The van der Waals surface area contributed by atoms with Crippen LogP contribution in [0.2, 0.25) is 5.02 Å². The lowest BCUT2D eigenvalue weighted by molar-refractivity contribution is -0.120. The van der Waals surface area contributed by atoms with Crippen LogP contribution < -0.4 is 10.2 Å². The summed E-state index contributed by atoms with van der Waals surface area (Å²) >= 11 is 5.89. The normalized spacial score (nSPS) is 16.6. The number of halogens is 1. The monoisotopic (exact) mass is 254 g/mol. The van der Waals surface area contributed by atoms with Crippen molar-refractivity contribution in [2.24, 2.45) is 0 Å². The molecule has 0 aromatic heterocycles. The molecule has 1 amide bonds. The Labute approximate surface area is 105 Å². The van der Waals surface area contributed by atoms with E-state index >= 15 is 0 Å². The molecule has 1 saturated heterocycles. The van der Waals surface area contributed by atoms with E-state index in [2.05, 4.69) is 10.2 Å². The smallest absolute Gasteiger partial charge is 0.221 e. The van der Waals surface area contributed by atoms with E-state index in [-0.39, 0.29) is 12.5 Å². The second kappa shape index (κ2) is 5.38. The van der Waals surface area contributed by atoms with Crippen LogP contribution in [-0.2, 0) is 11.4 Å². The highest BCUT2D eigenvalue weighted by molar-refractivity contribution is 6.30. The van der Waals surface area contributed by atoms with Crippen molar-refractivity contribution in [1.82, 2.24) is 5.32 Å². The first kappa shape index (κ1) is 12.2. The van der Waals surface area contributed by atoms with Gasteiger partial charge >= 0.3 is 0 Å². The molecular formula is C12H15ClN2O2. The lowest BCUT2D eigenvalue weighted by Crippen LogP contribution is -2.29. The molecule has 4 nitrogen and oxygen atoms in total. The number of rotatable bonds is 2. The topological polar surface area (TPSA) is 52.6 Å². The molecule has 1 aromatic carbocycles. The summed E-state index contributed by atoms with van der Waals surface area (Å²) in [4.78, 5) is 13.4. The van der Waals surface area contributed by atoms with Gasteiger partial charge in [-0.2, -0.15) is 0 Å². The highest BCUT2D eigenvalue weighted by atomic mass is 35.5. The largest absolute Gasteiger partial charge is 0.392 e. The summed E-state index contributed by atoms with van der Waals surface area (Å²) in [6, 6.07) is 5.46. The Morgan fingerprint density at radius 3 is 3.00 bits per heavy atom. The second-order valence-corrected chi connectivity index (χ2v) is 4.45. The van der Waals surface area contributed by atoms with Crippen LogP contribution in [0.25, 0.3) is 0 Å². The standard InChI is InChI=1S/C12H15ClN2O2/c13-10-1-2-11(9(7-10)8-16)15-5-3-12(17)14-4-6-15/h1-2,7,16H,3-6,8H2,(H,14,17). The van der Waals surface area contributed by atoms with Gasteiger partial charge in [0.15, 0.2) is 0 Å². The summed E-state index contributed by atoms with van der Waals surface area (Å²) in [5.74, 6) is 0.0759. The van der Waals surface area contributed by atoms with Gasteiger partial charge in [0.2, 0.25) is 5.91 Å². The van der Waals surface area contributed by atoms with Gasteiger partial charge in [0.1, 0.15) is 0 Å². The molecule has 1 aliphatic rings. The highest BCUT2D eigenvalue weighted by Crippen LogP contribution is 2.25. The molecule has 0 unspecified atom stereocenters. The van der Waals surface area contributed by atoms with Crippen LogP contribution in [0.1, 0.15) is 12.0 Å². The Morgan fingerprint density at radius 2 is 2.24 bits per heavy atom. The van der Waals surface area contributed by atoms with Gasteiger partial charge in [-0.15, -0.1) is 0 Å². The fourth-order valence-corrected chi connectivity index (χ4v) is 2.19. The number of aliphatic hydroxyl groups is 1. The molecule has 1 fully saturated rings. The van der Waals surface area contributed by atoms with Gasteiger partial charge < -0.3 is 15.3 Å². The van der Waals surface area contributed by atoms with E-state index in [4.69, 9.17) is 11.6 Å². The van der Waals surface area contributed by atoms with Crippen LogP contribution in [0.3, 0.4) is 0 Å². The van der Waals surface area contributed by atoms with Crippen molar-refractivity contribution < 1.29 is 9.90 Å². The summed E-state index contributed by atoms with van der Waals surface area (Å²) < 4.78 is 0. The van der Waals surface area contributed by atoms with Crippen molar-refractivity contribution in [3.05, 3.63) is 28.8 Å². The molecule has 2 rings (SSSR count). The molecular weight excluding hydrogens is 240 g/mol. The van der Waals surface area contributed by atoms with Crippen LogP contribution in [0.4, 0.5) is 5.69 Å². The van der Waals surface area contributed by atoms with Gasteiger partial charge in [-0.3, -0.25) is 4.79 Å². The Bertz CT molecular complexity index is 423. The molecule has 0 radical (unpaired) electrons. The van der Waals surface area contributed by atoms with Crippen LogP contribution in [0, 0.1) is 0 Å². The molecule has 0 atom stereocenters. The quantitative estimate of drug-likeness (QED) is 0.833. The number of hydrogen-bond donors (Lipinski definition) is 2. The van der Waals surface area contributed by atoms with Gasteiger partial charge in [-0.25, -0.2) is 0 Å². The molecule has 5 heteroatoms. The number of carbonyl (C=O) groups is 1. The van der Waals surface area contributed by atoms with Crippen molar-refractivity contribution in [3.8, 4) is 0 Å². The van der Waals surface area contributed by atoms with Gasteiger partial charge in [-0.05, 0) is 18.2 Å². The molecule has 1 heterocycles. The maximum Gasteiger partial charge on any atom is 0.221 e. The average Bonchev–Trinajstić information content (AvgIpc) is 2.54. The first-order chi connectivity index (χ1) is 8.20. The predicted octanol–water partition coefficient (Wildman–Crippen LogP) is 1.16.